The van der Waals surface area contributed by atoms with E-state index in [-0.39, 0.29) is 5.91 Å². The Morgan fingerprint density at radius 1 is 1.33 bits per heavy atom. The van der Waals surface area contributed by atoms with Crippen molar-refractivity contribution < 1.29 is 4.79 Å². The van der Waals surface area contributed by atoms with E-state index in [0.717, 1.165) is 16.4 Å². The predicted octanol–water partition coefficient (Wildman–Crippen LogP) is 1.27. The number of aromatic nitrogens is 4. The van der Waals surface area contributed by atoms with E-state index >= 15 is 0 Å². The molecule has 2 aromatic heterocycles. The molecular formula is C13H20N6OS. The van der Waals surface area contributed by atoms with E-state index in [1.807, 2.05) is 44.4 Å². The van der Waals surface area contributed by atoms with E-state index in [9.17, 15) is 4.79 Å². The second-order valence-corrected chi connectivity index (χ2v) is 6.30. The Morgan fingerprint density at radius 2 is 2.05 bits per heavy atom. The molecule has 2 heterocycles. The molecule has 7 nitrogen and oxygen atoms in total. The average molecular weight is 308 g/mol. The zero-order valence-corrected chi connectivity index (χ0v) is 13.8. The molecule has 0 spiro atoms. The predicted molar refractivity (Wildman–Crippen MR) is 82.3 cm³/mol. The van der Waals surface area contributed by atoms with Crippen molar-refractivity contribution in [3.63, 3.8) is 0 Å². The summed E-state index contributed by atoms with van der Waals surface area (Å²) in [4.78, 5) is 13.9. The van der Waals surface area contributed by atoms with Gasteiger partial charge >= 0.3 is 0 Å². The lowest BCUT2D eigenvalue weighted by molar-refractivity contribution is -0.117. The summed E-state index contributed by atoms with van der Waals surface area (Å²) in [6.07, 6.45) is 0. The summed E-state index contributed by atoms with van der Waals surface area (Å²) in [5.41, 5.74) is 3.29. The second-order valence-electron chi connectivity index (χ2n) is 5.12. The molecule has 1 amide bonds. The Hall–Kier alpha value is -1.80. The number of nitrogens with one attached hydrogen (secondary N) is 1. The first-order valence-electron chi connectivity index (χ1n) is 6.64. The molecule has 0 saturated carbocycles. The van der Waals surface area contributed by atoms with E-state index in [4.69, 9.17) is 0 Å². The third-order valence-electron chi connectivity index (χ3n) is 3.27. The third-order valence-corrected chi connectivity index (χ3v) is 4.03. The molecule has 1 N–H and O–H groups in total. The Bertz CT molecular complexity index is 647. The fourth-order valence-electron chi connectivity index (χ4n) is 2.12. The van der Waals surface area contributed by atoms with Crippen molar-refractivity contribution in [1.29, 1.82) is 0 Å². The van der Waals surface area contributed by atoms with Crippen LogP contribution in [0.1, 0.15) is 22.0 Å². The molecular weight excluding hydrogens is 288 g/mol. The summed E-state index contributed by atoms with van der Waals surface area (Å²) < 4.78 is 1.86. The number of carbonyl (C=O) groups excluding carboxylic acids is 1. The maximum Gasteiger partial charge on any atom is 0.240 e. The number of carbonyl (C=O) groups is 1. The maximum atomic E-state index is 12.0. The molecule has 0 fully saturated rings. The lowest BCUT2D eigenvalue weighted by atomic mass is 10.2. The summed E-state index contributed by atoms with van der Waals surface area (Å²) >= 11 is 1.37. The second kappa shape index (κ2) is 6.31. The van der Waals surface area contributed by atoms with Gasteiger partial charge in [0.25, 0.3) is 0 Å². The van der Waals surface area contributed by atoms with Gasteiger partial charge in [-0.25, -0.2) is 0 Å². The van der Waals surface area contributed by atoms with E-state index in [1.54, 1.807) is 0 Å². The van der Waals surface area contributed by atoms with Crippen LogP contribution in [0.4, 0.5) is 5.13 Å². The highest BCUT2D eigenvalue weighted by molar-refractivity contribution is 7.15. The number of hydrogen-bond acceptors (Lipinski definition) is 6. The zero-order chi connectivity index (χ0) is 15.6. The monoisotopic (exact) mass is 308 g/mol. The van der Waals surface area contributed by atoms with Crippen molar-refractivity contribution in [1.82, 2.24) is 24.9 Å². The molecule has 0 aromatic carbocycles. The summed E-state index contributed by atoms with van der Waals surface area (Å²) in [6, 6.07) is 0. The molecule has 0 atom stereocenters. The van der Waals surface area contributed by atoms with E-state index in [0.29, 0.717) is 18.2 Å². The van der Waals surface area contributed by atoms with Crippen molar-refractivity contribution in [2.24, 2.45) is 7.05 Å². The van der Waals surface area contributed by atoms with Crippen molar-refractivity contribution in [2.75, 3.05) is 18.9 Å². The summed E-state index contributed by atoms with van der Waals surface area (Å²) in [5.74, 6) is -0.0900. The van der Waals surface area contributed by atoms with Gasteiger partial charge in [0.05, 0.1) is 12.2 Å². The van der Waals surface area contributed by atoms with Crippen LogP contribution in [0.25, 0.3) is 0 Å². The number of aryl methyl sites for hydroxylation is 3. The van der Waals surface area contributed by atoms with Gasteiger partial charge in [0.2, 0.25) is 11.0 Å². The van der Waals surface area contributed by atoms with E-state index in [1.165, 1.54) is 16.9 Å². The smallest absolute Gasteiger partial charge is 0.240 e. The summed E-state index contributed by atoms with van der Waals surface area (Å²) in [7, 11) is 3.84. The van der Waals surface area contributed by atoms with Gasteiger partial charge in [-0.05, 0) is 27.8 Å². The number of nitrogens with zero attached hydrogens (tertiary/aromatic N) is 5. The molecule has 0 aliphatic rings. The van der Waals surface area contributed by atoms with Crippen LogP contribution in [0.2, 0.25) is 0 Å². The Balaban J connectivity index is 1.92. The number of amides is 1. The van der Waals surface area contributed by atoms with Gasteiger partial charge in [-0.3, -0.25) is 19.7 Å². The average Bonchev–Trinajstić information content (AvgIpc) is 2.88. The van der Waals surface area contributed by atoms with Crippen molar-refractivity contribution >= 4 is 22.4 Å². The SMILES string of the molecule is Cc1nnc(NC(=O)CN(C)Cc2c(C)nn(C)c2C)s1. The first-order valence-corrected chi connectivity index (χ1v) is 7.46. The molecule has 2 rings (SSSR count). The van der Waals surface area contributed by atoms with Crippen LogP contribution in [-0.2, 0) is 18.4 Å². The number of hydrogen-bond donors (Lipinski definition) is 1. The first kappa shape index (κ1) is 15.6. The fraction of sp³-hybridized carbons (Fsp3) is 0.538. The fourth-order valence-corrected chi connectivity index (χ4v) is 2.73. The van der Waals surface area contributed by atoms with Crippen LogP contribution < -0.4 is 5.32 Å². The third kappa shape index (κ3) is 3.85. The number of anilines is 1. The van der Waals surface area contributed by atoms with Gasteiger partial charge in [-0.1, -0.05) is 11.3 Å². The van der Waals surface area contributed by atoms with E-state index < -0.39 is 0 Å². The van der Waals surface area contributed by atoms with Gasteiger partial charge in [0.15, 0.2) is 0 Å². The van der Waals surface area contributed by atoms with Gasteiger partial charge in [0.1, 0.15) is 5.01 Å². The molecule has 114 valence electrons. The zero-order valence-electron chi connectivity index (χ0n) is 13.0. The van der Waals surface area contributed by atoms with Crippen LogP contribution in [0, 0.1) is 20.8 Å². The normalized spacial score (nSPS) is 11.1. The molecule has 0 aliphatic carbocycles. The molecule has 0 aliphatic heterocycles. The van der Waals surface area contributed by atoms with Crippen LogP contribution in [-0.4, -0.2) is 44.4 Å². The topological polar surface area (TPSA) is 75.9 Å². The lowest BCUT2D eigenvalue weighted by Gasteiger charge is -2.16. The van der Waals surface area contributed by atoms with Crippen LogP contribution in [0.3, 0.4) is 0 Å². The quantitative estimate of drug-likeness (QED) is 0.900. The standard InChI is InChI=1S/C13H20N6OS/c1-8-11(9(2)19(5)17-8)6-18(4)7-12(20)14-13-16-15-10(3)21-13/h6-7H2,1-5H3,(H,14,16,20). The van der Waals surface area contributed by atoms with Crippen molar-refractivity contribution in [3.8, 4) is 0 Å². The Morgan fingerprint density at radius 3 is 2.57 bits per heavy atom. The van der Waals surface area contributed by atoms with Gasteiger partial charge in [-0.2, -0.15) is 5.10 Å². The molecule has 0 radical (unpaired) electrons. The summed E-state index contributed by atoms with van der Waals surface area (Å²) in [5, 5.41) is 16.3. The van der Waals surface area contributed by atoms with Crippen LogP contribution >= 0.6 is 11.3 Å². The maximum absolute atomic E-state index is 12.0. The summed E-state index contributed by atoms with van der Waals surface area (Å²) in [6.45, 7) is 6.86. The Labute approximate surface area is 128 Å². The lowest BCUT2D eigenvalue weighted by Crippen LogP contribution is -2.30. The molecule has 0 unspecified atom stereocenters. The minimum atomic E-state index is -0.0900. The number of rotatable bonds is 5. The molecule has 21 heavy (non-hydrogen) atoms. The van der Waals surface area contributed by atoms with Gasteiger partial charge < -0.3 is 0 Å². The highest BCUT2D eigenvalue weighted by atomic mass is 32.1. The minimum absolute atomic E-state index is 0.0900. The Kier molecular flexibility index (Phi) is 4.69. The van der Waals surface area contributed by atoms with Gasteiger partial charge in [-0.15, -0.1) is 10.2 Å². The largest absolute Gasteiger partial charge is 0.299 e. The van der Waals surface area contributed by atoms with Crippen molar-refractivity contribution in [3.05, 3.63) is 22.0 Å². The molecule has 0 saturated heterocycles. The van der Waals surface area contributed by atoms with Crippen LogP contribution in [0.15, 0.2) is 0 Å². The first-order chi connectivity index (χ1) is 9.86. The highest BCUT2D eigenvalue weighted by Crippen LogP contribution is 2.15. The van der Waals surface area contributed by atoms with Crippen LogP contribution in [0.5, 0.6) is 0 Å². The molecule has 8 heteroatoms. The highest BCUT2D eigenvalue weighted by Gasteiger charge is 2.14. The number of likely N-dealkylation sites (N-methyl/N-ethyl adjacent to an activating group) is 1. The van der Waals surface area contributed by atoms with Gasteiger partial charge in [0, 0.05) is 24.8 Å². The van der Waals surface area contributed by atoms with Crippen molar-refractivity contribution in [2.45, 2.75) is 27.3 Å². The molecule has 0 bridgehead atoms. The minimum Gasteiger partial charge on any atom is -0.299 e. The van der Waals surface area contributed by atoms with E-state index in [2.05, 4.69) is 20.6 Å². The molecule has 2 aromatic rings.